The molecule has 12 heteroatoms. The molecular weight excluding hydrogens is 471 g/mol. The number of methoxy groups -OCH3 is 1. The van der Waals surface area contributed by atoms with E-state index in [-0.39, 0.29) is 17.7 Å². The van der Waals surface area contributed by atoms with Crippen molar-refractivity contribution in [1.29, 1.82) is 0 Å². The van der Waals surface area contributed by atoms with Gasteiger partial charge < -0.3 is 19.4 Å². The minimum Gasteiger partial charge on any atom is -0.497 e. The molecule has 1 aliphatic rings. The zero-order chi connectivity index (χ0) is 24.1. The maximum atomic E-state index is 12.7. The fourth-order valence-corrected chi connectivity index (χ4v) is 4.08. The van der Waals surface area contributed by atoms with Gasteiger partial charge in [-0.25, -0.2) is 4.98 Å². The average Bonchev–Trinajstić information content (AvgIpc) is 3.32. The molecule has 0 radical (unpaired) electrons. The van der Waals surface area contributed by atoms with Gasteiger partial charge in [0, 0.05) is 30.9 Å². The van der Waals surface area contributed by atoms with Crippen LogP contribution in [0.15, 0.2) is 52.2 Å². The van der Waals surface area contributed by atoms with E-state index in [9.17, 15) is 18.0 Å². The summed E-state index contributed by atoms with van der Waals surface area (Å²) in [5.74, 6) is 1.55. The fourth-order valence-electron chi connectivity index (χ4n) is 3.51. The second-order valence-electron chi connectivity index (χ2n) is 7.62. The molecule has 1 aromatic carbocycles. The number of halogens is 3. The number of amides is 1. The van der Waals surface area contributed by atoms with Crippen molar-refractivity contribution in [2.45, 2.75) is 30.3 Å². The lowest BCUT2D eigenvalue weighted by atomic mass is 10.0. The van der Waals surface area contributed by atoms with Gasteiger partial charge in [-0.3, -0.25) is 4.79 Å². The van der Waals surface area contributed by atoms with Crippen LogP contribution in [0, 0.1) is 0 Å². The molecule has 0 atom stereocenters. The van der Waals surface area contributed by atoms with E-state index in [1.54, 1.807) is 31.4 Å². The maximum Gasteiger partial charge on any atom is 0.417 e. The number of hydrogen-bond donors (Lipinski definition) is 1. The molecule has 4 rings (SSSR count). The summed E-state index contributed by atoms with van der Waals surface area (Å²) in [6.45, 7) is 1.18. The van der Waals surface area contributed by atoms with Crippen LogP contribution in [-0.4, -0.2) is 53.1 Å². The second-order valence-corrected chi connectivity index (χ2v) is 8.55. The third-order valence-corrected chi connectivity index (χ3v) is 6.15. The molecule has 0 spiro atoms. The Hall–Kier alpha value is -3.28. The maximum absolute atomic E-state index is 12.7. The van der Waals surface area contributed by atoms with Crippen LogP contribution >= 0.6 is 11.8 Å². The van der Waals surface area contributed by atoms with Crippen molar-refractivity contribution in [3.05, 3.63) is 48.2 Å². The molecule has 2 aromatic heterocycles. The monoisotopic (exact) mass is 493 g/mol. The third-order valence-electron chi connectivity index (χ3n) is 5.33. The van der Waals surface area contributed by atoms with Gasteiger partial charge in [-0.1, -0.05) is 11.8 Å². The van der Waals surface area contributed by atoms with Gasteiger partial charge in [0.25, 0.3) is 5.22 Å². The van der Waals surface area contributed by atoms with Crippen molar-refractivity contribution in [3.8, 4) is 17.2 Å². The molecule has 180 valence electrons. The minimum absolute atomic E-state index is 0.0173. The predicted octanol–water partition coefficient (Wildman–Crippen LogP) is 4.04. The zero-order valence-electron chi connectivity index (χ0n) is 18.2. The highest BCUT2D eigenvalue weighted by Crippen LogP contribution is 2.30. The molecule has 0 saturated carbocycles. The van der Waals surface area contributed by atoms with Crippen LogP contribution in [0.5, 0.6) is 5.75 Å². The predicted molar refractivity (Wildman–Crippen MR) is 120 cm³/mol. The first-order valence-electron chi connectivity index (χ1n) is 10.5. The highest BCUT2D eigenvalue weighted by molar-refractivity contribution is 7.99. The Bertz CT molecular complexity index is 1100. The van der Waals surface area contributed by atoms with Gasteiger partial charge in [0.15, 0.2) is 0 Å². The van der Waals surface area contributed by atoms with Gasteiger partial charge >= 0.3 is 6.18 Å². The number of benzene rings is 1. The Morgan fingerprint density at radius 1 is 1.18 bits per heavy atom. The molecule has 3 heterocycles. The Balaban J connectivity index is 1.21. The number of nitrogens with zero attached hydrogens (tertiary/aromatic N) is 4. The smallest absolute Gasteiger partial charge is 0.417 e. The number of ether oxygens (including phenoxy) is 1. The first kappa shape index (κ1) is 23.9. The largest absolute Gasteiger partial charge is 0.497 e. The Morgan fingerprint density at radius 3 is 2.53 bits per heavy atom. The van der Waals surface area contributed by atoms with Crippen LogP contribution < -0.4 is 15.0 Å². The van der Waals surface area contributed by atoms with E-state index in [4.69, 9.17) is 9.15 Å². The lowest BCUT2D eigenvalue weighted by Crippen LogP contribution is -2.45. The topological polar surface area (TPSA) is 93.4 Å². The Morgan fingerprint density at radius 2 is 1.91 bits per heavy atom. The SMILES string of the molecule is COc1ccc(-c2nnc(SCC(=O)NC3CCN(c4ccc(C(F)(F)F)cn4)CC3)o2)cc1. The van der Waals surface area contributed by atoms with Crippen LogP contribution in [-0.2, 0) is 11.0 Å². The molecule has 1 saturated heterocycles. The van der Waals surface area contributed by atoms with Crippen molar-refractivity contribution in [2.75, 3.05) is 30.9 Å². The summed E-state index contributed by atoms with van der Waals surface area (Å²) in [7, 11) is 1.58. The molecule has 0 aliphatic carbocycles. The number of carbonyl (C=O) groups is 1. The summed E-state index contributed by atoms with van der Waals surface area (Å²) in [6, 6.07) is 9.59. The number of carbonyl (C=O) groups excluding carboxylic acids is 1. The number of nitrogens with one attached hydrogen (secondary N) is 1. The van der Waals surface area contributed by atoms with Crippen LogP contribution in [0.25, 0.3) is 11.5 Å². The van der Waals surface area contributed by atoms with Gasteiger partial charge in [0.2, 0.25) is 11.8 Å². The van der Waals surface area contributed by atoms with E-state index < -0.39 is 11.7 Å². The van der Waals surface area contributed by atoms with E-state index in [1.807, 2.05) is 4.90 Å². The standard InChI is InChI=1S/C22H22F3N5O3S/c1-32-17-5-2-14(3-6-17)20-28-29-21(33-20)34-13-19(31)27-16-8-10-30(11-9-16)18-7-4-15(12-26-18)22(23,24)25/h2-7,12,16H,8-11,13H2,1H3,(H,27,31). The van der Waals surface area contributed by atoms with Gasteiger partial charge in [0.1, 0.15) is 11.6 Å². The Labute approximate surface area is 197 Å². The molecule has 3 aromatic rings. The summed E-state index contributed by atoms with van der Waals surface area (Å²) in [6.07, 6.45) is -2.22. The number of aromatic nitrogens is 3. The third kappa shape index (κ3) is 5.99. The van der Waals surface area contributed by atoms with Crippen LogP contribution in [0.3, 0.4) is 0 Å². The number of anilines is 1. The normalized spacial score (nSPS) is 14.8. The van der Waals surface area contributed by atoms with E-state index in [1.165, 1.54) is 6.07 Å². The molecule has 8 nitrogen and oxygen atoms in total. The van der Waals surface area contributed by atoms with Crippen molar-refractivity contribution < 1.29 is 27.1 Å². The lowest BCUT2D eigenvalue weighted by molar-refractivity contribution is -0.137. The molecule has 1 N–H and O–H groups in total. The van der Waals surface area contributed by atoms with Crippen molar-refractivity contribution in [1.82, 2.24) is 20.5 Å². The van der Waals surface area contributed by atoms with E-state index in [0.29, 0.717) is 42.9 Å². The molecule has 34 heavy (non-hydrogen) atoms. The Kier molecular flexibility index (Phi) is 7.25. The molecule has 0 bridgehead atoms. The number of alkyl halides is 3. The van der Waals surface area contributed by atoms with Gasteiger partial charge in [-0.15, -0.1) is 10.2 Å². The van der Waals surface area contributed by atoms with Crippen molar-refractivity contribution >= 4 is 23.5 Å². The van der Waals surface area contributed by atoms with Crippen molar-refractivity contribution in [3.63, 3.8) is 0 Å². The fraction of sp³-hybridized carbons (Fsp3) is 0.364. The summed E-state index contributed by atoms with van der Waals surface area (Å²) in [5, 5.41) is 11.3. The molecule has 1 fully saturated rings. The number of pyridine rings is 1. The number of piperidine rings is 1. The van der Waals surface area contributed by atoms with Crippen LogP contribution in [0.1, 0.15) is 18.4 Å². The quantitative estimate of drug-likeness (QED) is 0.493. The molecule has 0 unspecified atom stereocenters. The minimum atomic E-state index is -4.40. The van der Waals surface area contributed by atoms with Gasteiger partial charge in [0.05, 0.1) is 18.4 Å². The summed E-state index contributed by atoms with van der Waals surface area (Å²) in [4.78, 5) is 18.2. The second kappa shape index (κ2) is 10.3. The van der Waals surface area contributed by atoms with E-state index in [2.05, 4.69) is 20.5 Å². The summed E-state index contributed by atoms with van der Waals surface area (Å²) in [5.41, 5.74) is -0.0211. The van der Waals surface area contributed by atoms with E-state index in [0.717, 1.165) is 35.3 Å². The molecule has 1 aliphatic heterocycles. The van der Waals surface area contributed by atoms with Crippen LogP contribution in [0.4, 0.5) is 19.0 Å². The van der Waals surface area contributed by atoms with Crippen LogP contribution in [0.2, 0.25) is 0 Å². The van der Waals surface area contributed by atoms with Crippen molar-refractivity contribution in [2.24, 2.45) is 0 Å². The number of rotatable bonds is 7. The first-order chi connectivity index (χ1) is 16.3. The highest BCUT2D eigenvalue weighted by atomic mass is 32.2. The van der Waals surface area contributed by atoms with Gasteiger partial charge in [-0.05, 0) is 49.2 Å². The number of thioether (sulfide) groups is 1. The van der Waals surface area contributed by atoms with E-state index >= 15 is 0 Å². The lowest BCUT2D eigenvalue weighted by Gasteiger charge is -2.33. The molecule has 1 amide bonds. The first-order valence-corrected chi connectivity index (χ1v) is 11.5. The number of hydrogen-bond acceptors (Lipinski definition) is 8. The van der Waals surface area contributed by atoms with Gasteiger partial charge in [-0.2, -0.15) is 13.2 Å². The average molecular weight is 494 g/mol. The summed E-state index contributed by atoms with van der Waals surface area (Å²) < 4.78 is 48.8. The zero-order valence-corrected chi connectivity index (χ0v) is 19.0. The molecular formula is C22H22F3N5O3S. The highest BCUT2D eigenvalue weighted by Gasteiger charge is 2.31. The summed E-state index contributed by atoms with van der Waals surface area (Å²) >= 11 is 1.15.